The van der Waals surface area contributed by atoms with Crippen molar-refractivity contribution in [2.45, 2.75) is 32.5 Å². The normalized spacial score (nSPS) is 13.4. The van der Waals surface area contributed by atoms with Crippen molar-refractivity contribution >= 4 is 0 Å². The van der Waals surface area contributed by atoms with Gasteiger partial charge in [-0.1, -0.05) is 20.8 Å². The van der Waals surface area contributed by atoms with E-state index in [2.05, 4.69) is 15.5 Å². The van der Waals surface area contributed by atoms with Gasteiger partial charge in [0.2, 0.25) is 0 Å². The molecule has 0 spiro atoms. The molecule has 0 aromatic carbocycles. The molecule has 0 atom stereocenters. The minimum atomic E-state index is -4.55. The van der Waals surface area contributed by atoms with Gasteiger partial charge in [-0.2, -0.15) is 0 Å². The lowest BCUT2D eigenvalue weighted by Crippen LogP contribution is -2.27. The minimum Gasteiger partial charge on any atom is -0.149 e. The number of aromatic nitrogens is 4. The van der Waals surface area contributed by atoms with Crippen molar-refractivity contribution in [1.29, 1.82) is 0 Å². The molecular weight excluding hydrogens is 185 g/mol. The SMILES string of the molecule is CC(C)(C)c1nnnn1C(F)(F)F. The zero-order chi connectivity index (χ0) is 10.3. The van der Waals surface area contributed by atoms with E-state index in [9.17, 15) is 13.2 Å². The quantitative estimate of drug-likeness (QED) is 0.627. The van der Waals surface area contributed by atoms with Gasteiger partial charge in [0, 0.05) is 5.41 Å². The molecule has 1 aromatic rings. The van der Waals surface area contributed by atoms with E-state index in [1.165, 1.54) is 0 Å². The van der Waals surface area contributed by atoms with E-state index in [0.717, 1.165) is 0 Å². The Kier molecular flexibility index (Phi) is 2.05. The first kappa shape index (κ1) is 9.94. The van der Waals surface area contributed by atoms with Gasteiger partial charge in [-0.05, 0) is 10.4 Å². The number of halogens is 3. The van der Waals surface area contributed by atoms with E-state index in [0.29, 0.717) is 0 Å². The van der Waals surface area contributed by atoms with E-state index < -0.39 is 11.7 Å². The van der Waals surface area contributed by atoms with E-state index in [1.807, 2.05) is 0 Å². The Morgan fingerprint density at radius 3 is 2.00 bits per heavy atom. The minimum absolute atomic E-state index is 0.118. The molecule has 7 heteroatoms. The van der Waals surface area contributed by atoms with Crippen LogP contribution in [0.1, 0.15) is 26.6 Å². The molecule has 0 fully saturated rings. The van der Waals surface area contributed by atoms with Crippen molar-refractivity contribution in [3.8, 4) is 0 Å². The molecular formula is C6H9F3N4. The number of tetrazole rings is 1. The summed E-state index contributed by atoms with van der Waals surface area (Å²) in [6.45, 7) is 4.84. The molecule has 0 aliphatic heterocycles. The van der Waals surface area contributed by atoms with Crippen LogP contribution in [0.3, 0.4) is 0 Å². The molecule has 0 unspecified atom stereocenters. The lowest BCUT2D eigenvalue weighted by Gasteiger charge is -2.17. The third-order valence-electron chi connectivity index (χ3n) is 1.38. The van der Waals surface area contributed by atoms with E-state index in [4.69, 9.17) is 0 Å². The number of hydrogen-bond acceptors (Lipinski definition) is 3. The second-order valence-electron chi connectivity index (χ2n) is 3.63. The van der Waals surface area contributed by atoms with Crippen LogP contribution in [0.15, 0.2) is 0 Å². The highest BCUT2D eigenvalue weighted by molar-refractivity contribution is 4.99. The highest BCUT2D eigenvalue weighted by Gasteiger charge is 2.38. The van der Waals surface area contributed by atoms with Gasteiger partial charge in [0.15, 0.2) is 5.82 Å². The third-order valence-corrected chi connectivity index (χ3v) is 1.38. The second kappa shape index (κ2) is 2.68. The van der Waals surface area contributed by atoms with Gasteiger partial charge in [-0.25, -0.2) is 0 Å². The molecule has 0 amide bonds. The van der Waals surface area contributed by atoms with E-state index >= 15 is 0 Å². The Balaban J connectivity index is 3.19. The molecule has 0 saturated carbocycles. The highest BCUT2D eigenvalue weighted by Crippen LogP contribution is 2.27. The number of hydrogen-bond donors (Lipinski definition) is 0. The summed E-state index contributed by atoms with van der Waals surface area (Å²) in [7, 11) is 0. The average Bonchev–Trinajstić information content (AvgIpc) is 2.27. The summed E-state index contributed by atoms with van der Waals surface area (Å²) in [6, 6.07) is 0. The van der Waals surface area contributed by atoms with Crippen LogP contribution >= 0.6 is 0 Å². The molecule has 0 bridgehead atoms. The monoisotopic (exact) mass is 194 g/mol. The molecule has 1 aromatic heterocycles. The Morgan fingerprint density at radius 1 is 1.15 bits per heavy atom. The van der Waals surface area contributed by atoms with Gasteiger partial charge in [0.05, 0.1) is 0 Å². The second-order valence-corrected chi connectivity index (χ2v) is 3.63. The molecule has 1 rings (SSSR count). The maximum atomic E-state index is 12.2. The molecule has 1 heterocycles. The first-order chi connectivity index (χ1) is 5.73. The summed E-state index contributed by atoms with van der Waals surface area (Å²) in [5.41, 5.74) is -0.723. The van der Waals surface area contributed by atoms with Crippen molar-refractivity contribution in [3.05, 3.63) is 5.82 Å². The fourth-order valence-corrected chi connectivity index (χ4v) is 0.826. The van der Waals surface area contributed by atoms with Crippen LogP contribution in [0.5, 0.6) is 0 Å². The summed E-state index contributed by atoms with van der Waals surface area (Å²) in [6.07, 6.45) is -4.55. The van der Waals surface area contributed by atoms with E-state index in [1.54, 1.807) is 20.8 Å². The van der Waals surface area contributed by atoms with Crippen LogP contribution < -0.4 is 0 Å². The molecule has 0 aliphatic rings. The summed E-state index contributed by atoms with van der Waals surface area (Å²) in [4.78, 5) is 0. The fraction of sp³-hybridized carbons (Fsp3) is 0.833. The van der Waals surface area contributed by atoms with Crippen molar-refractivity contribution in [1.82, 2.24) is 20.2 Å². The van der Waals surface area contributed by atoms with Gasteiger partial charge in [0.1, 0.15) is 0 Å². The zero-order valence-electron chi connectivity index (χ0n) is 7.42. The molecule has 74 valence electrons. The van der Waals surface area contributed by atoms with Crippen LogP contribution in [0.4, 0.5) is 13.2 Å². The molecule has 13 heavy (non-hydrogen) atoms. The standard InChI is InChI=1S/C6H9F3N4/c1-5(2,3)4-10-11-12-13(4)6(7,8)9/h1-3H3. The maximum absolute atomic E-state index is 12.2. The topological polar surface area (TPSA) is 43.6 Å². The third kappa shape index (κ3) is 1.96. The fourth-order valence-electron chi connectivity index (χ4n) is 0.826. The predicted molar refractivity (Wildman–Crippen MR) is 37.8 cm³/mol. The van der Waals surface area contributed by atoms with Crippen LogP contribution in [0.25, 0.3) is 0 Å². The predicted octanol–water partition coefficient (Wildman–Crippen LogP) is 1.45. The first-order valence-corrected chi connectivity index (χ1v) is 3.59. The smallest absolute Gasteiger partial charge is 0.149 e. The number of rotatable bonds is 0. The van der Waals surface area contributed by atoms with Crippen molar-refractivity contribution in [3.63, 3.8) is 0 Å². The molecule has 4 nitrogen and oxygen atoms in total. The van der Waals surface area contributed by atoms with Crippen molar-refractivity contribution in [2.24, 2.45) is 0 Å². The Hall–Kier alpha value is -1.14. The lowest BCUT2D eigenvalue weighted by molar-refractivity contribution is -0.215. The highest BCUT2D eigenvalue weighted by atomic mass is 19.4. The molecule has 0 saturated heterocycles. The summed E-state index contributed by atoms with van der Waals surface area (Å²) < 4.78 is 36.6. The van der Waals surface area contributed by atoms with Crippen LogP contribution in [-0.4, -0.2) is 20.2 Å². The number of nitrogens with zero attached hydrogens (tertiary/aromatic N) is 4. The average molecular weight is 194 g/mol. The van der Waals surface area contributed by atoms with Crippen molar-refractivity contribution < 1.29 is 13.2 Å². The zero-order valence-corrected chi connectivity index (χ0v) is 7.42. The summed E-state index contributed by atoms with van der Waals surface area (Å²) in [5.74, 6) is -0.194. The van der Waals surface area contributed by atoms with Gasteiger partial charge in [0.25, 0.3) is 0 Å². The van der Waals surface area contributed by atoms with Crippen LogP contribution in [0, 0.1) is 0 Å². The Labute approximate surface area is 72.7 Å². The van der Waals surface area contributed by atoms with Crippen LogP contribution in [0.2, 0.25) is 0 Å². The van der Waals surface area contributed by atoms with Crippen LogP contribution in [-0.2, 0) is 11.7 Å². The van der Waals surface area contributed by atoms with Gasteiger partial charge < -0.3 is 0 Å². The summed E-state index contributed by atoms with van der Waals surface area (Å²) in [5, 5.41) is 9.22. The van der Waals surface area contributed by atoms with E-state index in [-0.39, 0.29) is 10.5 Å². The molecule has 0 N–H and O–H groups in total. The Bertz CT molecular complexity index is 267. The maximum Gasteiger partial charge on any atom is 0.507 e. The van der Waals surface area contributed by atoms with Crippen molar-refractivity contribution in [2.75, 3.05) is 0 Å². The van der Waals surface area contributed by atoms with Gasteiger partial charge in [-0.3, -0.25) is 0 Å². The molecule has 0 aliphatic carbocycles. The largest absolute Gasteiger partial charge is 0.507 e. The molecule has 0 radical (unpaired) electrons. The summed E-state index contributed by atoms with van der Waals surface area (Å²) >= 11 is 0. The lowest BCUT2D eigenvalue weighted by atomic mass is 9.96. The number of alkyl halides is 3. The first-order valence-electron chi connectivity index (χ1n) is 3.59. The van der Waals surface area contributed by atoms with Gasteiger partial charge in [-0.15, -0.1) is 23.0 Å². The van der Waals surface area contributed by atoms with Gasteiger partial charge >= 0.3 is 6.30 Å². The Morgan fingerprint density at radius 2 is 1.69 bits per heavy atom.